The molecule has 3 heterocycles. The number of carbonyl (C=O) groups excluding carboxylic acids is 1. The van der Waals surface area contributed by atoms with Crippen LogP contribution in [-0.4, -0.2) is 31.4 Å². The summed E-state index contributed by atoms with van der Waals surface area (Å²) in [6.45, 7) is 5.42. The molecule has 148 valence electrons. The summed E-state index contributed by atoms with van der Waals surface area (Å²) in [5.74, 6) is -0.426. The molecule has 1 unspecified atom stereocenters. The molecule has 4 rings (SSSR count). The van der Waals surface area contributed by atoms with Crippen LogP contribution in [0, 0.1) is 13.8 Å². The fourth-order valence-corrected chi connectivity index (χ4v) is 5.99. The molecule has 0 aliphatic carbocycles. The van der Waals surface area contributed by atoms with Crippen LogP contribution in [0.4, 0.5) is 0 Å². The van der Waals surface area contributed by atoms with Gasteiger partial charge in [0.05, 0.1) is 35.3 Å². The Labute approximate surface area is 161 Å². The summed E-state index contributed by atoms with van der Waals surface area (Å²) in [6.07, 6.45) is 1.84. The van der Waals surface area contributed by atoms with Gasteiger partial charge in [-0.25, -0.2) is 13.2 Å². The number of amides is 1. The van der Waals surface area contributed by atoms with Crippen molar-refractivity contribution < 1.29 is 22.0 Å². The van der Waals surface area contributed by atoms with Gasteiger partial charge in [-0.1, -0.05) is 0 Å². The van der Waals surface area contributed by atoms with Crippen molar-refractivity contribution in [1.82, 2.24) is 5.32 Å². The molecule has 2 aromatic heterocycles. The van der Waals surface area contributed by atoms with E-state index in [0.29, 0.717) is 23.2 Å². The van der Waals surface area contributed by atoms with Crippen LogP contribution < -0.4 is 10.9 Å². The van der Waals surface area contributed by atoms with E-state index < -0.39 is 26.9 Å². The Kier molecular flexibility index (Phi) is 4.15. The lowest BCUT2D eigenvalue weighted by molar-refractivity contribution is -0.122. The zero-order chi connectivity index (χ0) is 20.3. The highest BCUT2D eigenvalue weighted by Gasteiger charge is 2.39. The molecule has 1 N–H and O–H groups in total. The predicted molar refractivity (Wildman–Crippen MR) is 105 cm³/mol. The maximum atomic E-state index is 12.5. The predicted octanol–water partition coefficient (Wildman–Crippen LogP) is 2.39. The molecule has 3 aromatic rings. The summed E-state index contributed by atoms with van der Waals surface area (Å²) in [5, 5.41) is 4.45. The van der Waals surface area contributed by atoms with Crippen molar-refractivity contribution in [1.29, 1.82) is 0 Å². The minimum Gasteiger partial charge on any atom is -0.464 e. The Bertz CT molecular complexity index is 1280. The third-order valence-corrected chi connectivity index (χ3v) is 7.36. The monoisotopic (exact) mass is 403 g/mol. The van der Waals surface area contributed by atoms with Gasteiger partial charge in [-0.15, -0.1) is 0 Å². The van der Waals surface area contributed by atoms with Gasteiger partial charge in [-0.05, 0) is 44.4 Å². The Morgan fingerprint density at radius 3 is 2.64 bits per heavy atom. The first-order chi connectivity index (χ1) is 13.1. The number of benzene rings is 1. The van der Waals surface area contributed by atoms with E-state index in [9.17, 15) is 18.0 Å². The second-order valence-electron chi connectivity index (χ2n) is 7.88. The third-order valence-electron chi connectivity index (χ3n) is 5.46. The van der Waals surface area contributed by atoms with E-state index in [4.69, 9.17) is 8.83 Å². The van der Waals surface area contributed by atoms with Crippen LogP contribution in [0.2, 0.25) is 0 Å². The van der Waals surface area contributed by atoms with E-state index in [1.807, 2.05) is 13.0 Å². The second kappa shape index (κ2) is 6.20. The summed E-state index contributed by atoms with van der Waals surface area (Å²) in [4.78, 5) is 25.0. The number of hydrogen-bond acceptors (Lipinski definition) is 6. The Morgan fingerprint density at radius 1 is 1.21 bits per heavy atom. The van der Waals surface area contributed by atoms with Crippen LogP contribution in [0.1, 0.15) is 30.0 Å². The fraction of sp³-hybridized carbons (Fsp3) is 0.400. The van der Waals surface area contributed by atoms with Crippen LogP contribution >= 0.6 is 0 Å². The standard InChI is InChI=1S/C20H21NO6S/c1-11-9-26-16-8-17-14(6-13(11)16)12(2)15(19(23)27-17)7-18(22)21-20(3)4-5-28(24,25)10-20/h6,8-9H,4-5,7,10H2,1-3H3,(H,21,22). The summed E-state index contributed by atoms with van der Waals surface area (Å²) in [6, 6.07) is 3.58. The normalized spacial score (nSPS) is 21.4. The van der Waals surface area contributed by atoms with Crippen molar-refractivity contribution in [3.63, 3.8) is 0 Å². The minimum absolute atomic E-state index is 0.0565. The van der Waals surface area contributed by atoms with E-state index in [1.165, 1.54) is 0 Å². The quantitative estimate of drug-likeness (QED) is 0.673. The van der Waals surface area contributed by atoms with Gasteiger partial charge < -0.3 is 14.2 Å². The van der Waals surface area contributed by atoms with Crippen LogP contribution in [0.3, 0.4) is 0 Å². The van der Waals surface area contributed by atoms with E-state index >= 15 is 0 Å². The second-order valence-corrected chi connectivity index (χ2v) is 10.1. The van der Waals surface area contributed by atoms with Gasteiger partial charge in [0.2, 0.25) is 5.91 Å². The zero-order valence-electron chi connectivity index (χ0n) is 15.9. The maximum absolute atomic E-state index is 12.5. The van der Waals surface area contributed by atoms with Gasteiger partial charge in [0.15, 0.2) is 9.84 Å². The summed E-state index contributed by atoms with van der Waals surface area (Å²) < 4.78 is 34.3. The van der Waals surface area contributed by atoms with Crippen molar-refractivity contribution in [2.24, 2.45) is 0 Å². The van der Waals surface area contributed by atoms with E-state index in [1.54, 1.807) is 26.2 Å². The maximum Gasteiger partial charge on any atom is 0.340 e. The number of sulfone groups is 1. The van der Waals surface area contributed by atoms with E-state index in [0.717, 1.165) is 16.3 Å². The number of fused-ring (bicyclic) bond motifs is 2. The van der Waals surface area contributed by atoms with Gasteiger partial charge in [-0.2, -0.15) is 0 Å². The average molecular weight is 403 g/mol. The van der Waals surface area contributed by atoms with Gasteiger partial charge in [-0.3, -0.25) is 4.79 Å². The molecule has 28 heavy (non-hydrogen) atoms. The Balaban J connectivity index is 1.68. The summed E-state index contributed by atoms with van der Waals surface area (Å²) in [5.41, 5.74) is 1.57. The van der Waals surface area contributed by atoms with E-state index in [-0.39, 0.29) is 23.5 Å². The van der Waals surface area contributed by atoms with E-state index in [2.05, 4.69) is 5.32 Å². The molecule has 1 atom stereocenters. The van der Waals surface area contributed by atoms with Crippen LogP contribution in [-0.2, 0) is 21.1 Å². The third kappa shape index (κ3) is 3.22. The first kappa shape index (κ1) is 18.7. The number of rotatable bonds is 3. The van der Waals surface area contributed by atoms with Crippen LogP contribution in [0.25, 0.3) is 21.9 Å². The molecule has 1 fully saturated rings. The SMILES string of the molecule is Cc1coc2cc3oc(=O)c(CC(=O)NC4(C)CCS(=O)(=O)C4)c(C)c3cc12. The Morgan fingerprint density at radius 2 is 1.96 bits per heavy atom. The number of hydrogen-bond donors (Lipinski definition) is 1. The number of aryl methyl sites for hydroxylation is 2. The molecule has 0 radical (unpaired) electrons. The lowest BCUT2D eigenvalue weighted by Gasteiger charge is -2.24. The van der Waals surface area contributed by atoms with Crippen molar-refractivity contribution in [3.05, 3.63) is 45.5 Å². The molecular weight excluding hydrogens is 382 g/mol. The highest BCUT2D eigenvalue weighted by atomic mass is 32.2. The van der Waals surface area contributed by atoms with Gasteiger partial charge in [0.1, 0.15) is 11.2 Å². The largest absolute Gasteiger partial charge is 0.464 e. The number of nitrogens with one attached hydrogen (secondary N) is 1. The molecule has 7 nitrogen and oxygen atoms in total. The fourth-order valence-electron chi connectivity index (χ4n) is 3.89. The van der Waals surface area contributed by atoms with Crippen LogP contribution in [0.5, 0.6) is 0 Å². The lowest BCUT2D eigenvalue weighted by atomic mass is 9.99. The first-order valence-corrected chi connectivity index (χ1v) is 10.8. The van der Waals surface area contributed by atoms with Gasteiger partial charge in [0, 0.05) is 16.8 Å². The molecule has 1 aliphatic heterocycles. The molecule has 0 bridgehead atoms. The van der Waals surface area contributed by atoms with Crippen molar-refractivity contribution in [2.75, 3.05) is 11.5 Å². The van der Waals surface area contributed by atoms with Crippen LogP contribution in [0.15, 0.2) is 32.0 Å². The highest BCUT2D eigenvalue weighted by Crippen LogP contribution is 2.29. The summed E-state index contributed by atoms with van der Waals surface area (Å²) in [7, 11) is -3.14. The van der Waals surface area contributed by atoms with Crippen molar-refractivity contribution >= 4 is 37.7 Å². The Hall–Kier alpha value is -2.61. The first-order valence-electron chi connectivity index (χ1n) is 9.02. The number of carbonyl (C=O) groups is 1. The summed E-state index contributed by atoms with van der Waals surface area (Å²) >= 11 is 0. The highest BCUT2D eigenvalue weighted by molar-refractivity contribution is 7.91. The van der Waals surface area contributed by atoms with Gasteiger partial charge >= 0.3 is 5.63 Å². The average Bonchev–Trinajstić information content (AvgIpc) is 3.09. The molecular formula is C20H21NO6S. The molecule has 1 aromatic carbocycles. The lowest BCUT2D eigenvalue weighted by Crippen LogP contribution is -2.47. The zero-order valence-corrected chi connectivity index (χ0v) is 16.7. The topological polar surface area (TPSA) is 107 Å². The molecule has 0 saturated carbocycles. The minimum atomic E-state index is -3.14. The molecule has 1 amide bonds. The number of furan rings is 1. The van der Waals surface area contributed by atoms with Gasteiger partial charge in [0.25, 0.3) is 0 Å². The van der Waals surface area contributed by atoms with Crippen molar-refractivity contribution in [2.45, 2.75) is 39.2 Å². The molecule has 1 aliphatic rings. The molecule has 1 saturated heterocycles. The smallest absolute Gasteiger partial charge is 0.340 e. The molecule has 0 spiro atoms. The van der Waals surface area contributed by atoms with Crippen molar-refractivity contribution in [3.8, 4) is 0 Å². The molecule has 8 heteroatoms.